The second-order valence-corrected chi connectivity index (χ2v) is 5.72. The van der Waals surface area contributed by atoms with Gasteiger partial charge in [0.25, 0.3) is 0 Å². The van der Waals surface area contributed by atoms with Gasteiger partial charge in [0.15, 0.2) is 0 Å². The van der Waals surface area contributed by atoms with Crippen molar-refractivity contribution in [1.82, 2.24) is 4.31 Å². The van der Waals surface area contributed by atoms with Gasteiger partial charge in [0.05, 0.1) is 12.9 Å². The van der Waals surface area contributed by atoms with E-state index in [0.717, 1.165) is 19.4 Å². The molecule has 0 N–H and O–H groups in total. The maximum atomic E-state index is 11.1. The SMILES string of the molecule is CN(CC1CCCOC1)S(C)(=O)=O. The summed E-state index contributed by atoms with van der Waals surface area (Å²) >= 11 is 0. The highest BCUT2D eigenvalue weighted by Gasteiger charge is 2.19. The normalized spacial score (nSPS) is 25.0. The molecule has 0 amide bonds. The molecule has 1 unspecified atom stereocenters. The minimum atomic E-state index is -3.02. The van der Waals surface area contributed by atoms with E-state index in [-0.39, 0.29) is 0 Å². The van der Waals surface area contributed by atoms with Crippen molar-refractivity contribution in [2.24, 2.45) is 5.92 Å². The quantitative estimate of drug-likeness (QED) is 0.669. The molecule has 0 bridgehead atoms. The third kappa shape index (κ3) is 3.62. The number of sulfonamides is 1. The van der Waals surface area contributed by atoms with Crippen molar-refractivity contribution in [3.63, 3.8) is 0 Å². The highest BCUT2D eigenvalue weighted by molar-refractivity contribution is 7.88. The van der Waals surface area contributed by atoms with Crippen LogP contribution in [0.4, 0.5) is 0 Å². The average molecular weight is 207 g/mol. The molecule has 13 heavy (non-hydrogen) atoms. The summed E-state index contributed by atoms with van der Waals surface area (Å²) in [5, 5.41) is 0. The van der Waals surface area contributed by atoms with E-state index in [1.54, 1.807) is 7.05 Å². The number of hydrogen-bond acceptors (Lipinski definition) is 3. The molecule has 0 saturated carbocycles. The van der Waals surface area contributed by atoms with Crippen LogP contribution in [0, 0.1) is 5.92 Å². The third-order valence-corrected chi connectivity index (χ3v) is 3.62. The van der Waals surface area contributed by atoms with Gasteiger partial charge in [0.2, 0.25) is 10.0 Å². The molecular formula is C8H17NO3S. The van der Waals surface area contributed by atoms with Crippen LogP contribution in [-0.2, 0) is 14.8 Å². The van der Waals surface area contributed by atoms with E-state index < -0.39 is 10.0 Å². The van der Waals surface area contributed by atoms with Crippen molar-refractivity contribution in [3.05, 3.63) is 0 Å². The molecule has 5 heteroatoms. The Labute approximate surface area is 79.9 Å². The lowest BCUT2D eigenvalue weighted by atomic mass is 10.0. The Morgan fingerprint density at radius 1 is 1.54 bits per heavy atom. The molecule has 0 aromatic carbocycles. The summed E-state index contributed by atoms with van der Waals surface area (Å²) in [6.45, 7) is 2.10. The molecule has 1 atom stereocenters. The van der Waals surface area contributed by atoms with Gasteiger partial charge in [-0.05, 0) is 18.8 Å². The van der Waals surface area contributed by atoms with Gasteiger partial charge in [-0.15, -0.1) is 0 Å². The molecule has 1 heterocycles. The van der Waals surface area contributed by atoms with Crippen LogP contribution in [-0.4, -0.2) is 45.8 Å². The Morgan fingerprint density at radius 3 is 2.69 bits per heavy atom. The Kier molecular flexibility index (Phi) is 3.70. The third-order valence-electron chi connectivity index (χ3n) is 2.34. The van der Waals surface area contributed by atoms with E-state index in [4.69, 9.17) is 4.74 Å². The fourth-order valence-corrected chi connectivity index (χ4v) is 1.93. The monoisotopic (exact) mass is 207 g/mol. The Morgan fingerprint density at radius 2 is 2.23 bits per heavy atom. The van der Waals surface area contributed by atoms with Gasteiger partial charge in [0, 0.05) is 20.2 Å². The molecule has 1 fully saturated rings. The van der Waals surface area contributed by atoms with E-state index in [1.807, 2.05) is 0 Å². The number of hydrogen-bond donors (Lipinski definition) is 0. The first-order chi connectivity index (χ1) is 6.00. The zero-order chi connectivity index (χ0) is 9.90. The fraction of sp³-hybridized carbons (Fsp3) is 1.00. The highest BCUT2D eigenvalue weighted by Crippen LogP contribution is 2.15. The molecule has 1 rings (SSSR count). The van der Waals surface area contributed by atoms with E-state index in [1.165, 1.54) is 10.6 Å². The van der Waals surface area contributed by atoms with Crippen molar-refractivity contribution in [3.8, 4) is 0 Å². The van der Waals surface area contributed by atoms with Gasteiger partial charge in [0.1, 0.15) is 0 Å². The first-order valence-corrected chi connectivity index (χ1v) is 6.34. The second-order valence-electron chi connectivity index (χ2n) is 3.63. The predicted molar refractivity (Wildman–Crippen MR) is 51.0 cm³/mol. The van der Waals surface area contributed by atoms with Crippen LogP contribution >= 0.6 is 0 Å². The zero-order valence-corrected chi connectivity index (χ0v) is 9.01. The summed E-state index contributed by atoms with van der Waals surface area (Å²) in [5.41, 5.74) is 0. The maximum absolute atomic E-state index is 11.1. The lowest BCUT2D eigenvalue weighted by molar-refractivity contribution is 0.0496. The van der Waals surface area contributed by atoms with Crippen LogP contribution in [0.1, 0.15) is 12.8 Å². The molecule has 1 aliphatic heterocycles. The summed E-state index contributed by atoms with van der Waals surface area (Å²) in [6.07, 6.45) is 3.35. The summed E-state index contributed by atoms with van der Waals surface area (Å²) in [4.78, 5) is 0. The second kappa shape index (κ2) is 4.39. The predicted octanol–water partition coefficient (Wildman–Crippen LogP) is 0.304. The molecule has 0 radical (unpaired) electrons. The fourth-order valence-electron chi connectivity index (χ4n) is 1.45. The van der Waals surface area contributed by atoms with Gasteiger partial charge >= 0.3 is 0 Å². The van der Waals surface area contributed by atoms with Crippen LogP contribution in [0.15, 0.2) is 0 Å². The molecule has 0 aromatic heterocycles. The first kappa shape index (κ1) is 10.9. The lowest BCUT2D eigenvalue weighted by Gasteiger charge is -2.25. The first-order valence-electron chi connectivity index (χ1n) is 4.49. The lowest BCUT2D eigenvalue weighted by Crippen LogP contribution is -2.34. The summed E-state index contributed by atoms with van der Waals surface area (Å²) in [6, 6.07) is 0. The Balaban J connectivity index is 2.39. The van der Waals surface area contributed by atoms with Gasteiger partial charge in [-0.25, -0.2) is 12.7 Å². The van der Waals surface area contributed by atoms with E-state index in [2.05, 4.69) is 0 Å². The van der Waals surface area contributed by atoms with Crippen LogP contribution in [0.25, 0.3) is 0 Å². The summed E-state index contributed by atoms with van der Waals surface area (Å²) in [7, 11) is -1.41. The van der Waals surface area contributed by atoms with Crippen molar-refractivity contribution in [2.45, 2.75) is 12.8 Å². The molecule has 0 spiro atoms. The minimum Gasteiger partial charge on any atom is -0.381 e. The molecule has 0 aliphatic carbocycles. The van der Waals surface area contributed by atoms with Crippen LogP contribution in [0.2, 0.25) is 0 Å². The Hall–Kier alpha value is -0.130. The molecular weight excluding hydrogens is 190 g/mol. The van der Waals surface area contributed by atoms with E-state index in [0.29, 0.717) is 19.1 Å². The van der Waals surface area contributed by atoms with E-state index >= 15 is 0 Å². The van der Waals surface area contributed by atoms with Gasteiger partial charge in [-0.3, -0.25) is 0 Å². The number of nitrogens with zero attached hydrogens (tertiary/aromatic N) is 1. The molecule has 4 nitrogen and oxygen atoms in total. The van der Waals surface area contributed by atoms with Crippen molar-refractivity contribution in [1.29, 1.82) is 0 Å². The molecule has 0 aromatic rings. The summed E-state index contributed by atoms with van der Waals surface area (Å²) in [5.74, 6) is 0.369. The van der Waals surface area contributed by atoms with Crippen molar-refractivity contribution >= 4 is 10.0 Å². The minimum absolute atomic E-state index is 0.369. The van der Waals surface area contributed by atoms with Gasteiger partial charge < -0.3 is 4.74 Å². The molecule has 78 valence electrons. The maximum Gasteiger partial charge on any atom is 0.210 e. The van der Waals surface area contributed by atoms with Crippen LogP contribution < -0.4 is 0 Å². The van der Waals surface area contributed by atoms with Crippen molar-refractivity contribution < 1.29 is 13.2 Å². The largest absolute Gasteiger partial charge is 0.381 e. The Bertz CT molecular complexity index is 244. The average Bonchev–Trinajstić information content (AvgIpc) is 2.04. The van der Waals surface area contributed by atoms with Crippen molar-refractivity contribution in [2.75, 3.05) is 33.1 Å². The van der Waals surface area contributed by atoms with Crippen LogP contribution in [0.3, 0.4) is 0 Å². The molecule has 1 saturated heterocycles. The smallest absolute Gasteiger partial charge is 0.210 e. The molecule has 1 aliphatic rings. The van der Waals surface area contributed by atoms with Crippen LogP contribution in [0.5, 0.6) is 0 Å². The highest BCUT2D eigenvalue weighted by atomic mass is 32.2. The van der Waals surface area contributed by atoms with E-state index in [9.17, 15) is 8.42 Å². The standard InChI is InChI=1S/C8H17NO3S/c1-9(13(2,10)11)6-8-4-3-5-12-7-8/h8H,3-7H2,1-2H3. The topological polar surface area (TPSA) is 46.6 Å². The number of rotatable bonds is 3. The number of ether oxygens (including phenoxy) is 1. The van der Waals surface area contributed by atoms with Gasteiger partial charge in [-0.2, -0.15) is 0 Å². The summed E-state index contributed by atoms with van der Waals surface area (Å²) < 4.78 is 28.8. The zero-order valence-electron chi connectivity index (χ0n) is 8.19. The van der Waals surface area contributed by atoms with Gasteiger partial charge in [-0.1, -0.05) is 0 Å².